The van der Waals surface area contributed by atoms with Crippen LogP contribution in [0, 0.1) is 5.41 Å². The lowest BCUT2D eigenvalue weighted by Crippen LogP contribution is -2.32. The summed E-state index contributed by atoms with van der Waals surface area (Å²) in [6, 6.07) is 7.81. The molecule has 1 saturated heterocycles. The molecule has 1 fully saturated rings. The zero-order valence-electron chi connectivity index (χ0n) is 11.4. The second-order valence-corrected chi connectivity index (χ2v) is 7.88. The van der Waals surface area contributed by atoms with Crippen molar-refractivity contribution in [2.24, 2.45) is 5.41 Å². The highest BCUT2D eigenvalue weighted by Crippen LogP contribution is 2.34. The van der Waals surface area contributed by atoms with Gasteiger partial charge < -0.3 is 10.0 Å². The maximum atomic E-state index is 11.3. The topological polar surface area (TPSA) is 66.3 Å². The van der Waals surface area contributed by atoms with Gasteiger partial charge in [-0.15, -0.1) is 21.5 Å². The number of carboxylic acids is 1. The van der Waals surface area contributed by atoms with Gasteiger partial charge in [-0.05, 0) is 53.5 Å². The van der Waals surface area contributed by atoms with Crippen molar-refractivity contribution in [2.45, 2.75) is 13.3 Å². The lowest BCUT2D eigenvalue weighted by atomic mass is 9.90. The summed E-state index contributed by atoms with van der Waals surface area (Å²) in [5.74, 6) is -0.0163. The summed E-state index contributed by atoms with van der Waals surface area (Å²) in [5, 5.41) is 17.8. The molecule has 110 valence electrons. The Morgan fingerprint density at radius 2 is 2.19 bits per heavy atom. The largest absolute Gasteiger partial charge is 0.481 e. The van der Waals surface area contributed by atoms with E-state index in [-0.39, 0.29) is 0 Å². The smallest absolute Gasteiger partial charge is 0.311 e. The number of carboxylic acid groups (broad SMARTS) is 1. The van der Waals surface area contributed by atoms with Crippen LogP contribution in [0.25, 0.3) is 10.6 Å². The van der Waals surface area contributed by atoms with Crippen LogP contribution in [0.3, 0.4) is 0 Å². The average molecular weight is 368 g/mol. The van der Waals surface area contributed by atoms with E-state index in [1.54, 1.807) is 18.3 Å². The van der Waals surface area contributed by atoms with E-state index in [1.165, 1.54) is 0 Å². The first kappa shape index (κ1) is 14.5. The highest BCUT2D eigenvalue weighted by atomic mass is 79.9. The molecule has 2 aromatic heterocycles. The molecule has 1 unspecified atom stereocenters. The first-order valence-electron chi connectivity index (χ1n) is 6.56. The van der Waals surface area contributed by atoms with E-state index in [1.807, 2.05) is 29.2 Å². The molecule has 0 amide bonds. The molecular weight excluding hydrogens is 354 g/mol. The number of carbonyl (C=O) groups is 1. The number of anilines is 1. The Balaban J connectivity index is 1.78. The van der Waals surface area contributed by atoms with Crippen LogP contribution in [0.1, 0.15) is 13.3 Å². The van der Waals surface area contributed by atoms with Crippen LogP contribution in [0.4, 0.5) is 5.82 Å². The molecule has 7 heteroatoms. The van der Waals surface area contributed by atoms with Gasteiger partial charge in [-0.3, -0.25) is 4.79 Å². The third-order valence-electron chi connectivity index (χ3n) is 3.79. The minimum atomic E-state index is -0.752. The maximum absolute atomic E-state index is 11.3. The number of aromatic nitrogens is 2. The van der Waals surface area contributed by atoms with Gasteiger partial charge in [-0.2, -0.15) is 0 Å². The van der Waals surface area contributed by atoms with Gasteiger partial charge in [0.05, 0.1) is 14.1 Å². The molecule has 1 aliphatic heterocycles. The van der Waals surface area contributed by atoms with Gasteiger partial charge in [-0.25, -0.2) is 0 Å². The Morgan fingerprint density at radius 1 is 1.38 bits per heavy atom. The number of halogens is 1. The minimum Gasteiger partial charge on any atom is -0.481 e. The van der Waals surface area contributed by atoms with Gasteiger partial charge in [0.2, 0.25) is 0 Å². The van der Waals surface area contributed by atoms with Gasteiger partial charge in [-0.1, -0.05) is 0 Å². The standard InChI is InChI=1S/C14H14BrN3O2S/c1-14(13(19)20)6-7-18(8-14)12-5-2-9(16-17-12)10-3-4-11(15)21-10/h2-5H,6-8H2,1H3,(H,19,20). The molecule has 1 aliphatic rings. The van der Waals surface area contributed by atoms with Gasteiger partial charge >= 0.3 is 5.97 Å². The summed E-state index contributed by atoms with van der Waals surface area (Å²) in [6.07, 6.45) is 0.629. The third-order valence-corrected chi connectivity index (χ3v) is 5.44. The summed E-state index contributed by atoms with van der Waals surface area (Å²) < 4.78 is 1.06. The average Bonchev–Trinajstić information content (AvgIpc) is 3.06. The van der Waals surface area contributed by atoms with E-state index in [9.17, 15) is 9.90 Å². The van der Waals surface area contributed by atoms with Crippen molar-refractivity contribution in [1.82, 2.24) is 10.2 Å². The Labute approximate surface area is 134 Å². The van der Waals surface area contributed by atoms with Gasteiger partial charge in [0.15, 0.2) is 5.82 Å². The van der Waals surface area contributed by atoms with Crippen LogP contribution < -0.4 is 4.90 Å². The highest BCUT2D eigenvalue weighted by Gasteiger charge is 2.40. The van der Waals surface area contributed by atoms with Crippen molar-refractivity contribution in [3.63, 3.8) is 0 Å². The first-order chi connectivity index (χ1) is 9.98. The predicted octanol–water partition coefficient (Wildman–Crippen LogP) is 3.27. The molecule has 5 nitrogen and oxygen atoms in total. The zero-order valence-corrected chi connectivity index (χ0v) is 13.8. The van der Waals surface area contributed by atoms with Crippen LogP contribution in [0.15, 0.2) is 28.1 Å². The number of hydrogen-bond donors (Lipinski definition) is 1. The molecule has 0 saturated carbocycles. The van der Waals surface area contributed by atoms with Crippen molar-refractivity contribution < 1.29 is 9.90 Å². The Bertz CT molecular complexity index is 673. The molecule has 21 heavy (non-hydrogen) atoms. The third kappa shape index (κ3) is 2.80. The molecule has 2 aromatic rings. The molecule has 0 bridgehead atoms. The van der Waals surface area contributed by atoms with Crippen molar-refractivity contribution in [2.75, 3.05) is 18.0 Å². The first-order valence-corrected chi connectivity index (χ1v) is 8.17. The van der Waals surface area contributed by atoms with E-state index in [2.05, 4.69) is 26.1 Å². The van der Waals surface area contributed by atoms with Crippen LogP contribution in [0.5, 0.6) is 0 Å². The monoisotopic (exact) mass is 367 g/mol. The lowest BCUT2D eigenvalue weighted by molar-refractivity contribution is -0.146. The van der Waals surface area contributed by atoms with E-state index in [0.29, 0.717) is 19.5 Å². The van der Waals surface area contributed by atoms with E-state index in [4.69, 9.17) is 0 Å². The van der Waals surface area contributed by atoms with Gasteiger partial charge in [0.25, 0.3) is 0 Å². The molecule has 3 rings (SSSR count). The van der Waals surface area contributed by atoms with Gasteiger partial charge in [0.1, 0.15) is 5.69 Å². The van der Waals surface area contributed by atoms with Gasteiger partial charge in [0, 0.05) is 13.1 Å². The van der Waals surface area contributed by atoms with Crippen LogP contribution in [-0.4, -0.2) is 34.4 Å². The predicted molar refractivity (Wildman–Crippen MR) is 85.6 cm³/mol. The maximum Gasteiger partial charge on any atom is 0.311 e. The number of nitrogens with zero attached hydrogens (tertiary/aromatic N) is 3. The summed E-state index contributed by atoms with van der Waals surface area (Å²) >= 11 is 5.04. The fourth-order valence-corrected chi connectivity index (χ4v) is 3.76. The van der Waals surface area contributed by atoms with Crippen LogP contribution >= 0.6 is 27.3 Å². The Hall–Kier alpha value is -1.47. The zero-order chi connectivity index (χ0) is 15.0. The van der Waals surface area contributed by atoms with Crippen LogP contribution in [-0.2, 0) is 4.79 Å². The Kier molecular flexibility index (Phi) is 3.71. The fourth-order valence-electron chi connectivity index (χ4n) is 2.41. The number of thiophene rings is 1. The number of hydrogen-bond acceptors (Lipinski definition) is 5. The molecule has 0 aromatic carbocycles. The van der Waals surface area contributed by atoms with Crippen LogP contribution in [0.2, 0.25) is 0 Å². The summed E-state index contributed by atoms with van der Waals surface area (Å²) in [6.45, 7) is 2.95. The molecule has 0 aliphatic carbocycles. The summed E-state index contributed by atoms with van der Waals surface area (Å²) in [5.41, 5.74) is 0.133. The minimum absolute atomic E-state index is 0.473. The molecule has 3 heterocycles. The van der Waals surface area contributed by atoms with Crippen molar-refractivity contribution in [3.05, 3.63) is 28.1 Å². The molecule has 1 N–H and O–H groups in total. The fraction of sp³-hybridized carbons (Fsp3) is 0.357. The van der Waals surface area contributed by atoms with Crippen molar-refractivity contribution in [1.29, 1.82) is 0 Å². The second kappa shape index (κ2) is 5.38. The van der Waals surface area contributed by atoms with E-state index in [0.717, 1.165) is 20.2 Å². The normalized spacial score (nSPS) is 21.7. The van der Waals surface area contributed by atoms with E-state index >= 15 is 0 Å². The Morgan fingerprint density at radius 3 is 2.71 bits per heavy atom. The second-order valence-electron chi connectivity index (χ2n) is 5.42. The lowest BCUT2D eigenvalue weighted by Gasteiger charge is -2.20. The van der Waals surface area contributed by atoms with Crippen molar-refractivity contribution in [3.8, 4) is 10.6 Å². The molecule has 0 spiro atoms. The SMILES string of the molecule is CC1(C(=O)O)CCN(c2ccc(-c3ccc(Br)s3)nn2)C1. The number of aliphatic carboxylic acids is 1. The molecule has 0 radical (unpaired) electrons. The quantitative estimate of drug-likeness (QED) is 0.901. The van der Waals surface area contributed by atoms with E-state index < -0.39 is 11.4 Å². The summed E-state index contributed by atoms with van der Waals surface area (Å²) in [7, 11) is 0. The molecular formula is C14H14BrN3O2S. The molecule has 1 atom stereocenters. The van der Waals surface area contributed by atoms with Crippen molar-refractivity contribution >= 4 is 39.1 Å². The highest BCUT2D eigenvalue weighted by molar-refractivity contribution is 9.11. The number of rotatable bonds is 3. The summed E-state index contributed by atoms with van der Waals surface area (Å²) in [4.78, 5) is 14.3.